The highest BCUT2D eigenvalue weighted by molar-refractivity contribution is 5.98. The molecule has 39 heavy (non-hydrogen) atoms. The van der Waals surface area contributed by atoms with E-state index in [9.17, 15) is 14.4 Å². The first-order valence-corrected chi connectivity index (χ1v) is 14.8. The van der Waals surface area contributed by atoms with E-state index in [1.165, 1.54) is 32.1 Å². The lowest BCUT2D eigenvalue weighted by Crippen LogP contribution is -2.55. The number of hydrogen-bond acceptors (Lipinski definition) is 4. The third-order valence-corrected chi connectivity index (χ3v) is 8.36. The Morgan fingerprint density at radius 1 is 0.974 bits per heavy atom. The Balaban J connectivity index is 1.48. The molecule has 0 spiro atoms. The molecule has 1 saturated carbocycles. The van der Waals surface area contributed by atoms with Gasteiger partial charge in [0.15, 0.2) is 0 Å². The quantitative estimate of drug-likeness (QED) is 0.475. The van der Waals surface area contributed by atoms with Gasteiger partial charge in [0.1, 0.15) is 16.9 Å². The Morgan fingerprint density at radius 3 is 2.33 bits per heavy atom. The molecule has 1 fully saturated rings. The number of fused-ring (bicyclic) bond motifs is 1. The van der Waals surface area contributed by atoms with E-state index in [1.54, 1.807) is 21.0 Å². The van der Waals surface area contributed by atoms with E-state index in [1.807, 2.05) is 34.9 Å². The molecule has 4 rings (SSSR count). The number of nitrogens with one attached hydrogen (secondary N) is 2. The number of pyridine rings is 1. The summed E-state index contributed by atoms with van der Waals surface area (Å²) in [5.41, 5.74) is 2.10. The maximum Gasteiger partial charge on any atom is 0.263 e. The number of carbonyl (C=O) groups is 2. The minimum absolute atomic E-state index is 0.157. The Kier molecular flexibility index (Phi) is 9.87. The van der Waals surface area contributed by atoms with Gasteiger partial charge in [-0.1, -0.05) is 44.2 Å². The first-order chi connectivity index (χ1) is 18.8. The number of aromatic nitrogens is 1. The fourth-order valence-electron chi connectivity index (χ4n) is 5.96. The van der Waals surface area contributed by atoms with Crippen molar-refractivity contribution in [1.29, 1.82) is 0 Å². The zero-order chi connectivity index (χ0) is 27.8. The minimum Gasteiger partial charge on any atom is -0.497 e. The molecule has 2 aromatic rings. The topological polar surface area (TPSA) is 89.4 Å². The molecule has 0 unspecified atom stereocenters. The number of amides is 2. The average molecular weight is 536 g/mol. The number of benzene rings is 1. The third kappa shape index (κ3) is 7.52. The molecule has 2 amide bonds. The van der Waals surface area contributed by atoms with Gasteiger partial charge in [-0.25, -0.2) is 0 Å². The minimum atomic E-state index is -1.16. The van der Waals surface area contributed by atoms with E-state index in [0.717, 1.165) is 61.1 Å². The molecule has 2 aliphatic carbocycles. The maximum absolute atomic E-state index is 13.8. The summed E-state index contributed by atoms with van der Waals surface area (Å²) in [5.74, 6) is 0.519. The van der Waals surface area contributed by atoms with Gasteiger partial charge < -0.3 is 19.9 Å². The summed E-state index contributed by atoms with van der Waals surface area (Å²) >= 11 is 0. The number of methoxy groups -OCH3 is 1. The van der Waals surface area contributed by atoms with Crippen molar-refractivity contribution < 1.29 is 14.3 Å². The van der Waals surface area contributed by atoms with Crippen molar-refractivity contribution in [2.75, 3.05) is 13.7 Å². The van der Waals surface area contributed by atoms with Gasteiger partial charge in [0.25, 0.3) is 11.5 Å². The van der Waals surface area contributed by atoms with Gasteiger partial charge in [0.05, 0.1) is 7.11 Å². The van der Waals surface area contributed by atoms with E-state index < -0.39 is 11.4 Å². The van der Waals surface area contributed by atoms with Gasteiger partial charge in [-0.05, 0) is 94.0 Å². The van der Waals surface area contributed by atoms with E-state index in [0.29, 0.717) is 25.4 Å². The monoisotopic (exact) mass is 535 g/mol. The van der Waals surface area contributed by atoms with E-state index in [4.69, 9.17) is 4.74 Å². The number of nitrogens with zero attached hydrogens (tertiary/aromatic N) is 1. The number of ether oxygens (including phenoxy) is 1. The van der Waals surface area contributed by atoms with Gasteiger partial charge in [-0.3, -0.25) is 14.4 Å². The predicted octanol–water partition coefficient (Wildman–Crippen LogP) is 4.96. The highest BCUT2D eigenvalue weighted by atomic mass is 16.5. The van der Waals surface area contributed by atoms with Crippen molar-refractivity contribution in [2.45, 2.75) is 103 Å². The van der Waals surface area contributed by atoms with Crippen molar-refractivity contribution in [2.24, 2.45) is 5.92 Å². The van der Waals surface area contributed by atoms with Crippen LogP contribution in [0.4, 0.5) is 0 Å². The molecule has 1 heterocycles. The second kappa shape index (κ2) is 13.3. The van der Waals surface area contributed by atoms with E-state index in [-0.39, 0.29) is 17.0 Å². The summed E-state index contributed by atoms with van der Waals surface area (Å²) < 4.78 is 7.12. The average Bonchev–Trinajstić information content (AvgIpc) is 2.91. The molecule has 0 saturated heterocycles. The lowest BCUT2D eigenvalue weighted by Gasteiger charge is -2.28. The molecule has 0 aliphatic heterocycles. The van der Waals surface area contributed by atoms with E-state index in [2.05, 4.69) is 10.6 Å². The van der Waals surface area contributed by atoms with Gasteiger partial charge >= 0.3 is 0 Å². The van der Waals surface area contributed by atoms with Crippen LogP contribution in [0, 0.1) is 5.92 Å². The molecule has 212 valence electrons. The largest absolute Gasteiger partial charge is 0.497 e. The summed E-state index contributed by atoms with van der Waals surface area (Å²) in [4.78, 5) is 40.3. The van der Waals surface area contributed by atoms with Crippen LogP contribution in [-0.2, 0) is 30.6 Å². The molecule has 7 nitrogen and oxygen atoms in total. The second-order valence-electron chi connectivity index (χ2n) is 11.8. The number of hydrogen-bond donors (Lipinski definition) is 2. The Morgan fingerprint density at radius 2 is 1.64 bits per heavy atom. The molecular formula is C32H45N3O4. The summed E-state index contributed by atoms with van der Waals surface area (Å²) in [7, 11) is 1.63. The van der Waals surface area contributed by atoms with Crippen LogP contribution in [0.3, 0.4) is 0 Å². The third-order valence-electron chi connectivity index (χ3n) is 8.36. The molecule has 2 N–H and O–H groups in total. The van der Waals surface area contributed by atoms with Crippen LogP contribution in [0.15, 0.2) is 35.1 Å². The van der Waals surface area contributed by atoms with Crippen LogP contribution >= 0.6 is 0 Å². The van der Waals surface area contributed by atoms with Crippen LogP contribution in [-0.4, -0.2) is 35.6 Å². The van der Waals surface area contributed by atoms with Gasteiger partial charge in [0.2, 0.25) is 5.91 Å². The lowest BCUT2D eigenvalue weighted by atomic mass is 9.88. The summed E-state index contributed by atoms with van der Waals surface area (Å²) in [6.45, 7) is 4.50. The summed E-state index contributed by atoms with van der Waals surface area (Å²) in [6.07, 6.45) is 12.9. The molecule has 1 aromatic carbocycles. The normalized spacial score (nSPS) is 16.5. The van der Waals surface area contributed by atoms with Crippen LogP contribution in [0.5, 0.6) is 5.75 Å². The fraction of sp³-hybridized carbons (Fsp3) is 0.594. The zero-order valence-corrected chi connectivity index (χ0v) is 23.9. The van der Waals surface area contributed by atoms with Crippen LogP contribution in [0.2, 0.25) is 0 Å². The number of rotatable bonds is 9. The second-order valence-corrected chi connectivity index (χ2v) is 11.8. The SMILES string of the molecule is COc1ccc(CCNC(=O)C(C)(C)NC(=O)c2cc3c(n(CC4CCCCC4)c2=O)CCCCCC3)cc1. The highest BCUT2D eigenvalue weighted by Gasteiger charge is 2.31. The van der Waals surface area contributed by atoms with E-state index >= 15 is 0 Å². The molecule has 7 heteroatoms. The standard InChI is InChI=1S/C32H45N3O4/c1-32(2,31(38)33-20-19-23-15-17-26(39-3)18-16-23)34-29(36)27-21-25-13-9-4-5-10-14-28(25)35(30(27)37)22-24-11-7-6-8-12-24/h15-18,21,24H,4-14,19-20,22H2,1-3H3,(H,33,38)(H,34,36). The fourth-order valence-corrected chi connectivity index (χ4v) is 5.96. The van der Waals surface area contributed by atoms with Crippen molar-refractivity contribution in [3.63, 3.8) is 0 Å². The molecular weight excluding hydrogens is 490 g/mol. The number of carbonyl (C=O) groups excluding carboxylic acids is 2. The Labute approximate surface area is 232 Å². The molecule has 0 atom stereocenters. The Bertz CT molecular complexity index is 1190. The van der Waals surface area contributed by atoms with Gasteiger partial charge in [-0.2, -0.15) is 0 Å². The molecule has 2 aliphatic rings. The van der Waals surface area contributed by atoms with Gasteiger partial charge in [-0.15, -0.1) is 0 Å². The van der Waals surface area contributed by atoms with Crippen molar-refractivity contribution in [3.05, 3.63) is 63.1 Å². The number of aryl methyl sites for hydroxylation is 1. The highest BCUT2D eigenvalue weighted by Crippen LogP contribution is 2.27. The summed E-state index contributed by atoms with van der Waals surface area (Å²) in [5, 5.41) is 5.80. The maximum atomic E-state index is 13.8. The molecule has 1 aromatic heterocycles. The lowest BCUT2D eigenvalue weighted by molar-refractivity contribution is -0.126. The first kappa shape index (κ1) is 28.9. The molecule has 0 bridgehead atoms. The van der Waals surface area contributed by atoms with Crippen LogP contribution in [0.1, 0.15) is 98.8 Å². The van der Waals surface area contributed by atoms with Crippen LogP contribution < -0.4 is 20.9 Å². The first-order valence-electron chi connectivity index (χ1n) is 14.8. The van der Waals surface area contributed by atoms with Crippen LogP contribution in [0.25, 0.3) is 0 Å². The van der Waals surface area contributed by atoms with Crippen molar-refractivity contribution in [3.8, 4) is 5.75 Å². The summed E-state index contributed by atoms with van der Waals surface area (Å²) in [6, 6.07) is 9.54. The zero-order valence-electron chi connectivity index (χ0n) is 23.9. The predicted molar refractivity (Wildman–Crippen MR) is 154 cm³/mol. The van der Waals surface area contributed by atoms with Crippen molar-refractivity contribution >= 4 is 11.8 Å². The Hall–Kier alpha value is -3.09. The van der Waals surface area contributed by atoms with Crippen molar-refractivity contribution in [1.82, 2.24) is 15.2 Å². The molecule has 0 radical (unpaired) electrons. The van der Waals surface area contributed by atoms with Gasteiger partial charge in [0, 0.05) is 18.8 Å². The smallest absolute Gasteiger partial charge is 0.263 e.